The van der Waals surface area contributed by atoms with E-state index < -0.39 is 28.9 Å². The van der Waals surface area contributed by atoms with Crippen LogP contribution < -0.4 is 0 Å². The summed E-state index contributed by atoms with van der Waals surface area (Å²) in [5, 5.41) is 0. The zero-order valence-corrected chi connectivity index (χ0v) is 41.7. The molecular weight excluding hydrogens is 892 g/mol. The van der Waals surface area contributed by atoms with E-state index in [4.69, 9.17) is 69.6 Å². The number of fused-ring (bicyclic) bond motifs is 3. The zero-order chi connectivity index (χ0) is 41.6. The number of alkyl halides is 6. The van der Waals surface area contributed by atoms with E-state index in [1.54, 1.807) is 0 Å². The van der Waals surface area contributed by atoms with Crippen LogP contribution in [-0.2, 0) is 50.5 Å². The molecule has 2 aliphatic carbocycles. The number of hydrogen-bond donors (Lipinski definition) is 0. The summed E-state index contributed by atoms with van der Waals surface area (Å²) in [6.07, 6.45) is 7.80. The molecule has 0 atom stereocenters. The molecule has 0 nitrogen and oxygen atoms in total. The molecule has 4 aromatic carbocycles. The van der Waals surface area contributed by atoms with Gasteiger partial charge in [-0.2, -0.15) is 0 Å². The van der Waals surface area contributed by atoms with Crippen molar-refractivity contribution in [3.8, 4) is 11.1 Å². The van der Waals surface area contributed by atoms with Crippen molar-refractivity contribution in [3.05, 3.63) is 150 Å². The third-order valence-electron chi connectivity index (χ3n) is 11.2. The first-order chi connectivity index (χ1) is 25.6. The number of benzene rings is 4. The van der Waals surface area contributed by atoms with Crippen molar-refractivity contribution in [1.29, 1.82) is 0 Å². The van der Waals surface area contributed by atoms with Crippen LogP contribution in [0.25, 0.3) is 11.1 Å². The first kappa shape index (κ1) is 44.4. The van der Waals surface area contributed by atoms with Crippen molar-refractivity contribution in [3.63, 3.8) is 0 Å². The Labute approximate surface area is 374 Å². The van der Waals surface area contributed by atoms with Gasteiger partial charge in [0.2, 0.25) is 0 Å². The first-order valence-corrected chi connectivity index (χ1v) is 25.6. The van der Waals surface area contributed by atoms with Crippen LogP contribution in [0.4, 0.5) is 0 Å². The molecule has 0 N–H and O–H groups in total. The Morgan fingerprint density at radius 2 is 0.893 bits per heavy atom. The molecule has 0 spiro atoms. The third-order valence-corrected chi connectivity index (χ3v) is 20.8. The summed E-state index contributed by atoms with van der Waals surface area (Å²) < 4.78 is -0.268. The second-order valence-electron chi connectivity index (χ2n) is 19.7. The predicted molar refractivity (Wildman–Crippen MR) is 245 cm³/mol. The molecule has 0 unspecified atom stereocenters. The number of rotatable bonds is 4. The minimum atomic E-state index is -3.25. The van der Waals surface area contributed by atoms with Crippen LogP contribution in [0, 0.1) is 0 Å². The fourth-order valence-electron chi connectivity index (χ4n) is 8.45. The summed E-state index contributed by atoms with van der Waals surface area (Å²) in [6, 6.07) is 26.5. The molecule has 2 aliphatic rings. The fraction of sp³-hybridized carbons (Fsp3) is 0.408. The Bertz CT molecular complexity index is 2140. The van der Waals surface area contributed by atoms with Crippen LogP contribution in [-0.4, -0.2) is 3.21 Å². The molecule has 0 heterocycles. The molecule has 0 bridgehead atoms. The molecule has 4 aromatic rings. The summed E-state index contributed by atoms with van der Waals surface area (Å²) in [4.78, 5) is 0. The zero-order valence-electron chi connectivity index (χ0n) is 34.7. The molecule has 7 heteroatoms. The Hall–Kier alpha value is -1.15. The summed E-state index contributed by atoms with van der Waals surface area (Å²) in [5.41, 5.74) is 14.2. The van der Waals surface area contributed by atoms with Gasteiger partial charge in [0.05, 0.1) is 0 Å². The average Bonchev–Trinajstić information content (AvgIpc) is 3.70. The van der Waals surface area contributed by atoms with Gasteiger partial charge in [0, 0.05) is 0 Å². The van der Waals surface area contributed by atoms with E-state index in [1.165, 1.54) is 51.0 Å². The average molecular weight is 947 g/mol. The normalized spacial score (nSPS) is 15.2. The second-order valence-corrected chi connectivity index (χ2v) is 30.5. The van der Waals surface area contributed by atoms with Gasteiger partial charge < -0.3 is 0 Å². The van der Waals surface area contributed by atoms with E-state index in [9.17, 15) is 0 Å². The molecule has 296 valence electrons. The van der Waals surface area contributed by atoms with E-state index in [2.05, 4.69) is 150 Å². The van der Waals surface area contributed by atoms with Crippen LogP contribution in [0.5, 0.6) is 0 Å². The molecule has 0 amide bonds. The van der Waals surface area contributed by atoms with Crippen LogP contribution in [0.3, 0.4) is 0 Å². The van der Waals surface area contributed by atoms with Gasteiger partial charge in [-0.25, -0.2) is 0 Å². The summed E-state index contributed by atoms with van der Waals surface area (Å²) >= 11 is 36.5. The van der Waals surface area contributed by atoms with Crippen molar-refractivity contribution >= 4 is 72.8 Å². The summed E-state index contributed by atoms with van der Waals surface area (Å²) in [5.74, 6) is 0. The summed E-state index contributed by atoms with van der Waals surface area (Å²) in [7, 11) is 0. The van der Waals surface area contributed by atoms with E-state index in [-0.39, 0.29) is 25.3 Å². The van der Waals surface area contributed by atoms with E-state index in [1.807, 2.05) is 24.3 Å². The maximum atomic E-state index is 6.62. The maximum absolute atomic E-state index is 6.62. The van der Waals surface area contributed by atoms with Gasteiger partial charge in [-0.3, -0.25) is 0 Å². The van der Waals surface area contributed by atoms with E-state index in [0.717, 1.165) is 17.5 Å². The quantitative estimate of drug-likeness (QED) is 0.179. The van der Waals surface area contributed by atoms with Crippen LogP contribution in [0.1, 0.15) is 149 Å². The predicted octanol–water partition coefficient (Wildman–Crippen LogP) is 16.3. The van der Waals surface area contributed by atoms with Gasteiger partial charge >= 0.3 is 378 Å². The minimum absolute atomic E-state index is 0.0554. The SMILES string of the molecule is CC(C)(C)c1cc2c(cc1C(C)(C)C)[CH]([Zr]([C]1=CC=CC1)=[C](c1cccc(C(Cl)(Cl)Cl)c1)c1cccc(C(Cl)(Cl)Cl)c1)c1cc(C(C)(C)C)c(C(C)(C)C)cc1-2. The molecule has 0 aliphatic heterocycles. The van der Waals surface area contributed by atoms with Crippen molar-refractivity contribution in [1.82, 2.24) is 0 Å². The molecule has 56 heavy (non-hydrogen) atoms. The molecule has 0 fully saturated rings. The van der Waals surface area contributed by atoms with Gasteiger partial charge in [0.1, 0.15) is 0 Å². The third kappa shape index (κ3) is 8.97. The first-order valence-electron chi connectivity index (χ1n) is 19.4. The van der Waals surface area contributed by atoms with E-state index in [0.29, 0.717) is 11.1 Å². The molecule has 0 saturated heterocycles. The van der Waals surface area contributed by atoms with Gasteiger partial charge in [-0.15, -0.1) is 0 Å². The Balaban J connectivity index is 1.88. The second kappa shape index (κ2) is 15.4. The molecular formula is C49H54Cl6Zr. The topological polar surface area (TPSA) is 0 Å². The van der Waals surface area contributed by atoms with Gasteiger partial charge in [0.25, 0.3) is 0 Å². The van der Waals surface area contributed by atoms with Crippen LogP contribution >= 0.6 is 69.6 Å². The Kier molecular flexibility index (Phi) is 12.2. The molecule has 0 radical (unpaired) electrons. The molecule has 6 rings (SSSR count). The Morgan fingerprint density at radius 1 is 0.518 bits per heavy atom. The van der Waals surface area contributed by atoms with Crippen molar-refractivity contribution in [2.75, 3.05) is 0 Å². The number of allylic oxidation sites excluding steroid dienone is 4. The molecule has 0 aromatic heterocycles. The fourth-order valence-corrected chi connectivity index (χ4v) is 18.1. The number of hydrogen-bond acceptors (Lipinski definition) is 0. The van der Waals surface area contributed by atoms with E-state index >= 15 is 0 Å². The van der Waals surface area contributed by atoms with Crippen molar-refractivity contribution in [2.45, 2.75) is 122 Å². The van der Waals surface area contributed by atoms with Gasteiger partial charge in [-0.05, 0) is 0 Å². The van der Waals surface area contributed by atoms with Crippen LogP contribution in [0.2, 0.25) is 0 Å². The van der Waals surface area contributed by atoms with Gasteiger partial charge in [0.15, 0.2) is 0 Å². The molecule has 0 saturated carbocycles. The van der Waals surface area contributed by atoms with Crippen molar-refractivity contribution in [2.24, 2.45) is 0 Å². The van der Waals surface area contributed by atoms with Crippen molar-refractivity contribution < 1.29 is 21.3 Å². The van der Waals surface area contributed by atoms with Gasteiger partial charge in [-0.1, -0.05) is 0 Å². The standard InChI is InChI=1S/C29H41.C15H8Cl6.C5H5.Zr/c1-26(2,3)22-14-18-13-19-15-23(27(4,5)6)25(29(10,11)12)17-21(19)20(18)16-24(22)28(7,8)9;16-14(17,18)12-5-1-3-10(8-12)7-11-4-2-6-13(9-11)15(19,20)21;1-2-4-5-3-1;/h13-17H,1-12H3;1-6,8-9H;1-3H,4H2;. The Morgan fingerprint density at radius 3 is 1.21 bits per heavy atom. The number of halogens is 6. The van der Waals surface area contributed by atoms with Crippen LogP contribution in [0.15, 0.2) is 94.3 Å². The monoisotopic (exact) mass is 942 g/mol. The summed E-state index contributed by atoms with van der Waals surface area (Å²) in [6.45, 7) is 28.2.